The number of aliphatic carboxylic acids is 1. The maximum atomic E-state index is 14.9. The Balaban J connectivity index is 0.00000274. The van der Waals surface area contributed by atoms with Crippen LogP contribution in [0.25, 0.3) is 20.9 Å². The standard InChI is InChI=1S/C26H24FN3O2S.ClH/c1-16(13-23(31)32)28-15-17-7-8-19(20(27)14-17)24-29-21-9-10-22(30-25(21)33-24)26(11-12-26)18-5-3-2-4-6-18;/h2-10,14,16,28H,11-13,15H2,1H3,(H,31,32);1H/t16-;/m1./s1. The van der Waals surface area contributed by atoms with Crippen molar-refractivity contribution in [3.8, 4) is 10.6 Å². The van der Waals surface area contributed by atoms with Crippen LogP contribution < -0.4 is 5.32 Å². The zero-order chi connectivity index (χ0) is 23.0. The van der Waals surface area contributed by atoms with Crippen molar-refractivity contribution < 1.29 is 14.3 Å². The number of carbonyl (C=O) groups is 1. The Labute approximate surface area is 207 Å². The van der Waals surface area contributed by atoms with Crippen LogP contribution in [0.3, 0.4) is 0 Å². The first-order valence-corrected chi connectivity index (χ1v) is 11.8. The molecule has 4 aromatic rings. The van der Waals surface area contributed by atoms with Crippen molar-refractivity contribution in [1.29, 1.82) is 0 Å². The molecule has 5 rings (SSSR count). The minimum Gasteiger partial charge on any atom is -0.481 e. The second kappa shape index (κ2) is 9.78. The Morgan fingerprint density at radius 2 is 1.91 bits per heavy atom. The van der Waals surface area contributed by atoms with Crippen LogP contribution in [0.1, 0.15) is 43.0 Å². The van der Waals surface area contributed by atoms with Gasteiger partial charge in [0, 0.05) is 23.6 Å². The molecule has 1 saturated carbocycles. The highest BCUT2D eigenvalue weighted by atomic mass is 35.5. The summed E-state index contributed by atoms with van der Waals surface area (Å²) in [5.41, 5.74) is 4.30. The van der Waals surface area contributed by atoms with Crippen LogP contribution in [-0.2, 0) is 16.8 Å². The zero-order valence-electron chi connectivity index (χ0n) is 18.6. The van der Waals surface area contributed by atoms with Crippen molar-refractivity contribution in [3.63, 3.8) is 0 Å². The number of hydrogen-bond donors (Lipinski definition) is 2. The summed E-state index contributed by atoms with van der Waals surface area (Å²) in [6, 6.07) is 19.4. The number of carboxylic acid groups (broad SMARTS) is 1. The first-order chi connectivity index (χ1) is 15.9. The summed E-state index contributed by atoms with van der Waals surface area (Å²) in [5, 5.41) is 12.6. The molecule has 176 valence electrons. The monoisotopic (exact) mass is 497 g/mol. The van der Waals surface area contributed by atoms with Gasteiger partial charge in [0.15, 0.2) is 0 Å². The van der Waals surface area contributed by atoms with E-state index in [1.165, 1.54) is 23.0 Å². The number of aromatic nitrogens is 2. The summed E-state index contributed by atoms with van der Waals surface area (Å²) >= 11 is 1.41. The highest BCUT2D eigenvalue weighted by molar-refractivity contribution is 7.21. The van der Waals surface area contributed by atoms with Crippen LogP contribution in [0.5, 0.6) is 0 Å². The number of fused-ring (bicyclic) bond motifs is 1. The molecule has 1 aliphatic carbocycles. The van der Waals surface area contributed by atoms with Crippen molar-refractivity contribution in [2.45, 2.75) is 44.2 Å². The quantitative estimate of drug-likeness (QED) is 0.314. The maximum Gasteiger partial charge on any atom is 0.304 e. The van der Waals surface area contributed by atoms with E-state index in [9.17, 15) is 9.18 Å². The van der Waals surface area contributed by atoms with E-state index in [-0.39, 0.29) is 36.1 Å². The Bertz CT molecular complexity index is 1320. The number of rotatable bonds is 8. The lowest BCUT2D eigenvalue weighted by molar-refractivity contribution is -0.137. The van der Waals surface area contributed by atoms with E-state index in [0.717, 1.165) is 34.4 Å². The third-order valence-corrected chi connectivity index (χ3v) is 7.22. The molecule has 0 bridgehead atoms. The first-order valence-electron chi connectivity index (χ1n) is 11.0. The molecule has 0 unspecified atom stereocenters. The van der Waals surface area contributed by atoms with Crippen molar-refractivity contribution in [1.82, 2.24) is 15.3 Å². The molecule has 2 aromatic heterocycles. The van der Waals surface area contributed by atoms with Crippen molar-refractivity contribution in [2.75, 3.05) is 0 Å². The van der Waals surface area contributed by atoms with Gasteiger partial charge in [0.1, 0.15) is 21.2 Å². The molecule has 1 fully saturated rings. The molecule has 0 saturated heterocycles. The fourth-order valence-electron chi connectivity index (χ4n) is 4.24. The molecule has 5 nitrogen and oxygen atoms in total. The minimum atomic E-state index is -0.861. The van der Waals surface area contributed by atoms with E-state index in [0.29, 0.717) is 17.1 Å². The van der Waals surface area contributed by atoms with Crippen LogP contribution in [0.15, 0.2) is 60.7 Å². The summed E-state index contributed by atoms with van der Waals surface area (Å²) in [4.78, 5) is 21.2. The van der Waals surface area contributed by atoms with Crippen LogP contribution >= 0.6 is 23.7 Å². The second-order valence-corrected chi connectivity index (χ2v) is 9.66. The zero-order valence-corrected chi connectivity index (χ0v) is 20.3. The average Bonchev–Trinajstić information content (AvgIpc) is 3.51. The molecule has 0 aliphatic heterocycles. The number of pyridine rings is 1. The van der Waals surface area contributed by atoms with Gasteiger partial charge in [-0.3, -0.25) is 4.79 Å². The third kappa shape index (κ3) is 4.82. The van der Waals surface area contributed by atoms with Crippen LogP contribution in [0.2, 0.25) is 0 Å². The normalized spacial score (nSPS) is 15.0. The number of carboxylic acids is 1. The predicted octanol–water partition coefficient (Wildman–Crippen LogP) is 5.95. The van der Waals surface area contributed by atoms with Crippen LogP contribution in [0.4, 0.5) is 4.39 Å². The van der Waals surface area contributed by atoms with Crippen LogP contribution in [-0.4, -0.2) is 27.1 Å². The van der Waals surface area contributed by atoms with E-state index in [1.54, 1.807) is 13.0 Å². The largest absolute Gasteiger partial charge is 0.481 e. The van der Waals surface area contributed by atoms with E-state index >= 15 is 0 Å². The van der Waals surface area contributed by atoms with Gasteiger partial charge in [0.05, 0.1) is 12.1 Å². The molecule has 2 N–H and O–H groups in total. The number of hydrogen-bond acceptors (Lipinski definition) is 5. The number of nitrogens with zero attached hydrogens (tertiary/aromatic N) is 2. The Morgan fingerprint density at radius 1 is 1.15 bits per heavy atom. The molecule has 1 atom stereocenters. The van der Waals surface area contributed by atoms with E-state index in [2.05, 4.69) is 40.6 Å². The molecule has 1 aliphatic rings. The second-order valence-electron chi connectivity index (χ2n) is 8.68. The summed E-state index contributed by atoms with van der Waals surface area (Å²) < 4.78 is 14.9. The topological polar surface area (TPSA) is 75.1 Å². The van der Waals surface area contributed by atoms with Gasteiger partial charge in [-0.1, -0.05) is 47.7 Å². The fraction of sp³-hybridized carbons (Fsp3) is 0.269. The fourth-order valence-corrected chi connectivity index (χ4v) is 5.21. The molecule has 2 heterocycles. The lowest BCUT2D eigenvalue weighted by Gasteiger charge is -2.14. The summed E-state index contributed by atoms with van der Waals surface area (Å²) in [5.74, 6) is -1.21. The number of thiazole rings is 1. The highest BCUT2D eigenvalue weighted by Crippen LogP contribution is 2.53. The maximum absolute atomic E-state index is 14.9. The smallest absolute Gasteiger partial charge is 0.304 e. The van der Waals surface area contributed by atoms with Gasteiger partial charge in [-0.2, -0.15) is 0 Å². The number of nitrogens with one attached hydrogen (secondary N) is 1. The Hall–Kier alpha value is -2.87. The summed E-state index contributed by atoms with van der Waals surface area (Å²) in [7, 11) is 0. The van der Waals surface area contributed by atoms with E-state index < -0.39 is 5.97 Å². The first kappa shape index (κ1) is 24.3. The van der Waals surface area contributed by atoms with Gasteiger partial charge in [0.25, 0.3) is 0 Å². The highest BCUT2D eigenvalue weighted by Gasteiger charge is 2.47. The van der Waals surface area contributed by atoms with Gasteiger partial charge in [0.2, 0.25) is 0 Å². The molecule has 0 amide bonds. The molecule has 0 radical (unpaired) electrons. The average molecular weight is 498 g/mol. The van der Waals surface area contributed by atoms with Gasteiger partial charge >= 0.3 is 5.97 Å². The molecule has 8 heteroatoms. The lowest BCUT2D eigenvalue weighted by Crippen LogP contribution is -2.27. The van der Waals surface area contributed by atoms with Gasteiger partial charge in [-0.05, 0) is 55.2 Å². The summed E-state index contributed by atoms with van der Waals surface area (Å²) in [6.07, 6.45) is 2.18. The molecular weight excluding hydrogens is 473 g/mol. The van der Waals surface area contributed by atoms with Crippen molar-refractivity contribution in [2.24, 2.45) is 0 Å². The number of benzene rings is 2. The predicted molar refractivity (Wildman–Crippen MR) is 135 cm³/mol. The van der Waals surface area contributed by atoms with Crippen molar-refractivity contribution in [3.05, 3.63) is 83.3 Å². The molecule has 2 aromatic carbocycles. The molecule has 0 spiro atoms. The van der Waals surface area contributed by atoms with Crippen LogP contribution in [0, 0.1) is 5.82 Å². The number of halogens is 2. The third-order valence-electron chi connectivity index (χ3n) is 6.22. The summed E-state index contributed by atoms with van der Waals surface area (Å²) in [6.45, 7) is 2.20. The van der Waals surface area contributed by atoms with E-state index in [4.69, 9.17) is 10.1 Å². The van der Waals surface area contributed by atoms with Gasteiger partial charge in [-0.25, -0.2) is 14.4 Å². The molecular formula is C26H25ClFN3O2S. The van der Waals surface area contributed by atoms with Crippen molar-refractivity contribution >= 4 is 40.1 Å². The SMILES string of the molecule is C[C@H](CC(=O)O)NCc1ccc(-c2nc3ccc(C4(c5ccccc5)CC4)nc3s2)c(F)c1.Cl. The Morgan fingerprint density at radius 3 is 2.59 bits per heavy atom. The lowest BCUT2D eigenvalue weighted by atomic mass is 9.92. The molecule has 34 heavy (non-hydrogen) atoms. The van der Waals surface area contributed by atoms with Gasteiger partial charge in [-0.15, -0.1) is 12.4 Å². The minimum absolute atomic E-state index is 0. The Kier molecular flexibility index (Phi) is 6.98. The van der Waals surface area contributed by atoms with E-state index in [1.807, 2.05) is 18.2 Å². The van der Waals surface area contributed by atoms with Gasteiger partial charge < -0.3 is 10.4 Å².